The van der Waals surface area contributed by atoms with Crippen LogP contribution in [0.3, 0.4) is 0 Å². The number of hydrogen-bond acceptors (Lipinski definition) is 4. The van der Waals surface area contributed by atoms with Crippen molar-refractivity contribution in [1.82, 2.24) is 4.98 Å². The van der Waals surface area contributed by atoms with E-state index in [9.17, 15) is 10.1 Å². The lowest BCUT2D eigenvalue weighted by molar-refractivity contribution is -0.384. The van der Waals surface area contributed by atoms with Crippen LogP contribution in [-0.4, -0.2) is 21.6 Å². The van der Waals surface area contributed by atoms with Crippen LogP contribution < -0.4 is 5.73 Å². The Bertz CT molecular complexity index is 319. The van der Waals surface area contributed by atoms with E-state index in [0.29, 0.717) is 5.69 Å². The van der Waals surface area contributed by atoms with Crippen LogP contribution >= 0.6 is 0 Å². The van der Waals surface area contributed by atoms with Crippen molar-refractivity contribution in [2.45, 2.75) is 12.5 Å². The number of nitrogens with two attached hydrogens (primary N) is 1. The van der Waals surface area contributed by atoms with Gasteiger partial charge in [0, 0.05) is 11.8 Å². The first kappa shape index (κ1) is 9.69. The number of nitro groups is 1. The Labute approximate surface area is 74.5 Å². The number of hydrogen-bond donors (Lipinski definition) is 3. The standard InChI is InChI=1S/C7H11N3O3/c1-7(8,4-11)6-2-5(3-9-6)10(12)13/h2-3,9,11H,4,8H2,1H3. The second kappa shape index (κ2) is 3.15. The molecule has 13 heavy (non-hydrogen) atoms. The van der Waals surface area contributed by atoms with Gasteiger partial charge in [0.2, 0.25) is 0 Å². The first-order valence-corrected chi connectivity index (χ1v) is 3.70. The molecule has 0 fully saturated rings. The Kier molecular flexibility index (Phi) is 2.35. The molecule has 6 heteroatoms. The maximum absolute atomic E-state index is 10.3. The lowest BCUT2D eigenvalue weighted by Gasteiger charge is -2.19. The summed E-state index contributed by atoms with van der Waals surface area (Å²) >= 11 is 0. The number of aromatic nitrogens is 1. The molecule has 1 aromatic rings. The molecule has 4 N–H and O–H groups in total. The Morgan fingerprint density at radius 3 is 2.85 bits per heavy atom. The van der Waals surface area contributed by atoms with Gasteiger partial charge in [0.15, 0.2) is 0 Å². The molecule has 1 aromatic heterocycles. The maximum atomic E-state index is 10.3. The van der Waals surface area contributed by atoms with Crippen LogP contribution in [0.15, 0.2) is 12.3 Å². The number of aliphatic hydroxyl groups is 1. The molecule has 0 amide bonds. The van der Waals surface area contributed by atoms with Gasteiger partial charge in [-0.15, -0.1) is 0 Å². The topological polar surface area (TPSA) is 105 Å². The third-order valence-corrected chi connectivity index (χ3v) is 1.82. The first-order valence-electron chi connectivity index (χ1n) is 3.70. The monoisotopic (exact) mass is 185 g/mol. The van der Waals surface area contributed by atoms with Crippen LogP contribution in [0.1, 0.15) is 12.6 Å². The van der Waals surface area contributed by atoms with Crippen molar-refractivity contribution in [2.75, 3.05) is 6.61 Å². The number of nitrogens with one attached hydrogen (secondary N) is 1. The minimum Gasteiger partial charge on any atom is -0.394 e. The van der Waals surface area contributed by atoms with Gasteiger partial charge in [-0.3, -0.25) is 10.1 Å². The van der Waals surface area contributed by atoms with Gasteiger partial charge in [-0.2, -0.15) is 0 Å². The smallest absolute Gasteiger partial charge is 0.287 e. The van der Waals surface area contributed by atoms with Gasteiger partial charge in [-0.25, -0.2) is 0 Å². The fourth-order valence-electron chi connectivity index (χ4n) is 0.903. The highest BCUT2D eigenvalue weighted by Crippen LogP contribution is 2.20. The molecular weight excluding hydrogens is 174 g/mol. The van der Waals surface area contributed by atoms with Crippen molar-refractivity contribution in [3.8, 4) is 0 Å². The Morgan fingerprint density at radius 1 is 1.85 bits per heavy atom. The van der Waals surface area contributed by atoms with Crippen molar-refractivity contribution < 1.29 is 10.0 Å². The van der Waals surface area contributed by atoms with Crippen LogP contribution in [0.5, 0.6) is 0 Å². The van der Waals surface area contributed by atoms with Gasteiger partial charge in [0.05, 0.1) is 23.3 Å². The molecule has 1 heterocycles. The summed E-state index contributed by atoms with van der Waals surface area (Å²) in [7, 11) is 0. The molecule has 0 spiro atoms. The molecule has 0 aliphatic carbocycles. The number of rotatable bonds is 3. The molecule has 0 bridgehead atoms. The zero-order valence-corrected chi connectivity index (χ0v) is 7.15. The van der Waals surface area contributed by atoms with E-state index in [0.717, 1.165) is 0 Å². The van der Waals surface area contributed by atoms with Gasteiger partial charge in [-0.1, -0.05) is 0 Å². The number of aromatic amines is 1. The maximum Gasteiger partial charge on any atom is 0.287 e. The summed E-state index contributed by atoms with van der Waals surface area (Å²) in [4.78, 5) is 12.4. The van der Waals surface area contributed by atoms with Crippen molar-refractivity contribution in [3.63, 3.8) is 0 Å². The predicted octanol–water partition coefficient (Wildman–Crippen LogP) is 0.0891. The Hall–Kier alpha value is -1.40. The Balaban J connectivity index is 2.98. The predicted molar refractivity (Wildman–Crippen MR) is 46.1 cm³/mol. The number of aliphatic hydroxyl groups excluding tert-OH is 1. The van der Waals surface area contributed by atoms with E-state index in [4.69, 9.17) is 10.8 Å². The highest BCUT2D eigenvalue weighted by Gasteiger charge is 2.24. The third kappa shape index (κ3) is 1.85. The molecule has 0 aromatic carbocycles. The minimum absolute atomic E-state index is 0.0554. The lowest BCUT2D eigenvalue weighted by Crippen LogP contribution is -2.37. The van der Waals surface area contributed by atoms with Crippen LogP contribution in [0.2, 0.25) is 0 Å². The average Bonchev–Trinajstić information content (AvgIpc) is 2.52. The molecule has 0 radical (unpaired) electrons. The van der Waals surface area contributed by atoms with Gasteiger partial charge in [0.25, 0.3) is 5.69 Å². The number of nitrogens with zero attached hydrogens (tertiary/aromatic N) is 1. The molecular formula is C7H11N3O3. The largest absolute Gasteiger partial charge is 0.394 e. The SMILES string of the molecule is CC(N)(CO)c1cc([N+](=O)[O-])c[nH]1. The van der Waals surface area contributed by atoms with E-state index in [-0.39, 0.29) is 12.3 Å². The number of H-pyrrole nitrogens is 1. The summed E-state index contributed by atoms with van der Waals surface area (Å²) in [5, 5.41) is 19.2. The fraction of sp³-hybridized carbons (Fsp3) is 0.429. The molecule has 72 valence electrons. The van der Waals surface area contributed by atoms with Crippen LogP contribution in [0.25, 0.3) is 0 Å². The lowest BCUT2D eigenvalue weighted by atomic mass is 10.0. The summed E-state index contributed by atoms with van der Waals surface area (Å²) in [6.45, 7) is 1.31. The van der Waals surface area contributed by atoms with Gasteiger partial charge in [-0.05, 0) is 6.92 Å². The van der Waals surface area contributed by atoms with Crippen molar-refractivity contribution >= 4 is 5.69 Å². The van der Waals surface area contributed by atoms with Gasteiger partial charge >= 0.3 is 0 Å². The zero-order valence-electron chi connectivity index (χ0n) is 7.15. The van der Waals surface area contributed by atoms with Crippen LogP contribution in [0, 0.1) is 10.1 Å². The third-order valence-electron chi connectivity index (χ3n) is 1.82. The van der Waals surface area contributed by atoms with E-state index in [1.807, 2.05) is 0 Å². The summed E-state index contributed by atoms with van der Waals surface area (Å²) < 4.78 is 0. The van der Waals surface area contributed by atoms with Crippen molar-refractivity contribution in [3.05, 3.63) is 28.1 Å². The van der Waals surface area contributed by atoms with Crippen LogP contribution in [0.4, 0.5) is 5.69 Å². The van der Waals surface area contributed by atoms with E-state index < -0.39 is 10.5 Å². The molecule has 0 saturated carbocycles. The highest BCUT2D eigenvalue weighted by molar-refractivity contribution is 5.33. The second-order valence-corrected chi connectivity index (χ2v) is 3.10. The van der Waals surface area contributed by atoms with Crippen molar-refractivity contribution in [1.29, 1.82) is 0 Å². The minimum atomic E-state index is -0.964. The zero-order chi connectivity index (χ0) is 10.1. The van der Waals surface area contributed by atoms with Crippen molar-refractivity contribution in [2.24, 2.45) is 5.73 Å². The van der Waals surface area contributed by atoms with E-state index >= 15 is 0 Å². The van der Waals surface area contributed by atoms with E-state index in [1.54, 1.807) is 6.92 Å². The van der Waals surface area contributed by atoms with Crippen LogP contribution in [-0.2, 0) is 5.54 Å². The Morgan fingerprint density at radius 2 is 2.46 bits per heavy atom. The molecule has 1 unspecified atom stereocenters. The fourth-order valence-corrected chi connectivity index (χ4v) is 0.903. The highest BCUT2D eigenvalue weighted by atomic mass is 16.6. The first-order chi connectivity index (χ1) is 5.97. The summed E-state index contributed by atoms with van der Waals surface area (Å²) in [6, 6.07) is 1.32. The second-order valence-electron chi connectivity index (χ2n) is 3.10. The summed E-state index contributed by atoms with van der Waals surface area (Å²) in [6.07, 6.45) is 1.25. The average molecular weight is 185 g/mol. The molecule has 0 aliphatic heterocycles. The van der Waals surface area contributed by atoms with Gasteiger partial charge in [0.1, 0.15) is 0 Å². The molecule has 1 rings (SSSR count). The summed E-state index contributed by atoms with van der Waals surface area (Å²) in [5.74, 6) is 0. The summed E-state index contributed by atoms with van der Waals surface area (Å²) in [5.41, 5.74) is 5.07. The van der Waals surface area contributed by atoms with Gasteiger partial charge < -0.3 is 15.8 Å². The van der Waals surface area contributed by atoms with E-state index in [2.05, 4.69) is 4.98 Å². The quantitative estimate of drug-likeness (QED) is 0.458. The van der Waals surface area contributed by atoms with E-state index in [1.165, 1.54) is 12.3 Å². The molecule has 1 atom stereocenters. The molecule has 0 aliphatic rings. The molecule has 0 saturated heterocycles. The normalized spacial score (nSPS) is 15.3. The molecule has 6 nitrogen and oxygen atoms in total.